The van der Waals surface area contributed by atoms with Gasteiger partial charge in [0.1, 0.15) is 11.2 Å². The van der Waals surface area contributed by atoms with E-state index in [0.717, 1.165) is 0 Å². The van der Waals surface area contributed by atoms with Crippen molar-refractivity contribution in [2.75, 3.05) is 12.4 Å². The van der Waals surface area contributed by atoms with Crippen LogP contribution in [-0.2, 0) is 9.47 Å². The monoisotopic (exact) mass is 266 g/mol. The first-order valence-corrected chi connectivity index (χ1v) is 5.78. The minimum Gasteiger partial charge on any atom is -0.465 e. The Morgan fingerprint density at radius 2 is 1.95 bits per heavy atom. The van der Waals surface area contributed by atoms with Gasteiger partial charge in [-0.1, -0.05) is 0 Å². The molecule has 1 aromatic heterocycles. The van der Waals surface area contributed by atoms with Crippen LogP contribution < -0.4 is 5.32 Å². The van der Waals surface area contributed by atoms with Gasteiger partial charge in [0.15, 0.2) is 0 Å². The Bertz CT molecular complexity index is 492. The Kier molecular flexibility index (Phi) is 4.47. The number of amides is 1. The molecule has 0 radical (unpaired) electrons. The minimum absolute atomic E-state index is 0.180. The van der Waals surface area contributed by atoms with Gasteiger partial charge in [0.25, 0.3) is 0 Å². The molecule has 0 unspecified atom stereocenters. The minimum atomic E-state index is -0.636. The summed E-state index contributed by atoms with van der Waals surface area (Å²) in [4.78, 5) is 27.3. The molecule has 0 spiro atoms. The molecule has 1 aromatic rings. The molecule has 0 bridgehead atoms. The lowest BCUT2D eigenvalue weighted by Gasteiger charge is -2.20. The largest absolute Gasteiger partial charge is 0.465 e. The Labute approximate surface area is 112 Å². The topological polar surface area (TPSA) is 77.5 Å². The van der Waals surface area contributed by atoms with Crippen molar-refractivity contribution in [1.82, 2.24) is 4.98 Å². The molecule has 0 atom stereocenters. The molecule has 1 heterocycles. The van der Waals surface area contributed by atoms with Crippen molar-refractivity contribution in [1.29, 1.82) is 0 Å². The van der Waals surface area contributed by atoms with Gasteiger partial charge in [-0.3, -0.25) is 10.3 Å². The number of nitrogens with zero attached hydrogens (tertiary/aromatic N) is 1. The number of carbonyl (C=O) groups excluding carboxylic acids is 2. The fourth-order valence-corrected chi connectivity index (χ4v) is 1.35. The Morgan fingerprint density at radius 1 is 1.32 bits per heavy atom. The summed E-state index contributed by atoms with van der Waals surface area (Å²) in [5.41, 5.74) is 0.545. The number of anilines is 1. The van der Waals surface area contributed by atoms with Gasteiger partial charge in [0.05, 0.1) is 12.8 Å². The maximum absolute atomic E-state index is 11.7. The first-order valence-electron chi connectivity index (χ1n) is 5.78. The summed E-state index contributed by atoms with van der Waals surface area (Å²) < 4.78 is 9.76. The summed E-state index contributed by atoms with van der Waals surface area (Å²) in [6.07, 6.45) is 0.719. The van der Waals surface area contributed by atoms with E-state index in [0.29, 0.717) is 11.4 Å². The maximum atomic E-state index is 11.7. The quantitative estimate of drug-likeness (QED) is 0.832. The third-order valence-corrected chi connectivity index (χ3v) is 2.08. The first-order chi connectivity index (χ1) is 8.73. The highest BCUT2D eigenvalue weighted by molar-refractivity contribution is 5.99. The fraction of sp³-hybridized carbons (Fsp3) is 0.462. The van der Waals surface area contributed by atoms with E-state index in [4.69, 9.17) is 4.74 Å². The van der Waals surface area contributed by atoms with Gasteiger partial charge in [0, 0.05) is 11.9 Å². The highest BCUT2D eigenvalue weighted by atomic mass is 16.6. The van der Waals surface area contributed by atoms with Gasteiger partial charge in [0.2, 0.25) is 0 Å². The Morgan fingerprint density at radius 3 is 2.47 bits per heavy atom. The summed E-state index contributed by atoms with van der Waals surface area (Å²) in [6, 6.07) is 1.58. The first kappa shape index (κ1) is 14.9. The predicted molar refractivity (Wildman–Crippen MR) is 70.2 cm³/mol. The number of ether oxygens (including phenoxy) is 2. The summed E-state index contributed by atoms with van der Waals surface area (Å²) in [6.45, 7) is 7.02. The second-order valence-electron chi connectivity index (χ2n) is 4.99. The van der Waals surface area contributed by atoms with E-state index in [1.54, 1.807) is 33.8 Å². The van der Waals surface area contributed by atoms with Gasteiger partial charge < -0.3 is 9.47 Å². The molecule has 0 fully saturated rings. The van der Waals surface area contributed by atoms with Crippen molar-refractivity contribution >= 4 is 17.7 Å². The number of aryl methyl sites for hydroxylation is 1. The lowest BCUT2D eigenvalue weighted by molar-refractivity contribution is 0.0601. The van der Waals surface area contributed by atoms with Crippen LogP contribution in [0.1, 0.15) is 36.8 Å². The predicted octanol–water partition coefficient (Wildman–Crippen LogP) is 2.52. The van der Waals surface area contributed by atoms with Crippen LogP contribution in [0, 0.1) is 6.92 Å². The zero-order valence-electron chi connectivity index (χ0n) is 11.7. The summed E-state index contributed by atoms with van der Waals surface area (Å²) in [5.74, 6) is -0.571. The molecule has 1 N–H and O–H groups in total. The second kappa shape index (κ2) is 5.69. The van der Waals surface area contributed by atoms with Crippen LogP contribution in [0.5, 0.6) is 0 Å². The lowest BCUT2D eigenvalue weighted by Crippen LogP contribution is -2.28. The normalized spacial score (nSPS) is 10.8. The van der Waals surface area contributed by atoms with Crippen molar-refractivity contribution in [3.05, 3.63) is 23.5 Å². The molecule has 0 aliphatic rings. The van der Waals surface area contributed by atoms with E-state index in [1.807, 2.05) is 0 Å². The number of nitrogens with one attached hydrogen (secondary N) is 1. The molecule has 0 aliphatic heterocycles. The number of aromatic nitrogens is 1. The fourth-order valence-electron chi connectivity index (χ4n) is 1.35. The molecule has 104 valence electrons. The molecular weight excluding hydrogens is 248 g/mol. The molecule has 6 heteroatoms. The van der Waals surface area contributed by atoms with Crippen LogP contribution in [0.25, 0.3) is 0 Å². The average Bonchev–Trinajstić information content (AvgIpc) is 2.25. The standard InChI is InChI=1S/C13H18N2O4/c1-8-6-10(9(7-14-8)11(16)18-5)15-12(17)19-13(2,3)4/h6-7H,1-5H3,(H,14,15,17). The van der Waals surface area contributed by atoms with E-state index in [-0.39, 0.29) is 5.56 Å². The number of hydrogen-bond donors (Lipinski definition) is 1. The van der Waals surface area contributed by atoms with E-state index in [2.05, 4.69) is 15.0 Å². The maximum Gasteiger partial charge on any atom is 0.412 e. The van der Waals surface area contributed by atoms with Crippen LogP contribution in [0.4, 0.5) is 10.5 Å². The third kappa shape index (κ3) is 4.57. The van der Waals surface area contributed by atoms with Gasteiger partial charge in [-0.05, 0) is 33.8 Å². The molecule has 1 amide bonds. The van der Waals surface area contributed by atoms with Crippen LogP contribution in [-0.4, -0.2) is 29.8 Å². The zero-order chi connectivity index (χ0) is 14.6. The smallest absolute Gasteiger partial charge is 0.412 e. The number of pyridine rings is 1. The van der Waals surface area contributed by atoms with Crippen molar-refractivity contribution in [3.63, 3.8) is 0 Å². The van der Waals surface area contributed by atoms with Crippen LogP contribution in [0.3, 0.4) is 0 Å². The van der Waals surface area contributed by atoms with Crippen LogP contribution in [0.15, 0.2) is 12.3 Å². The highest BCUT2D eigenvalue weighted by Crippen LogP contribution is 2.18. The van der Waals surface area contributed by atoms with E-state index in [1.165, 1.54) is 13.3 Å². The summed E-state index contributed by atoms with van der Waals surface area (Å²) in [7, 11) is 1.26. The molecule has 0 saturated carbocycles. The highest BCUT2D eigenvalue weighted by Gasteiger charge is 2.19. The molecule has 0 aliphatic carbocycles. The molecule has 0 saturated heterocycles. The average molecular weight is 266 g/mol. The SMILES string of the molecule is COC(=O)c1cnc(C)cc1NC(=O)OC(C)(C)C. The van der Waals surface area contributed by atoms with Crippen LogP contribution in [0.2, 0.25) is 0 Å². The van der Waals surface area contributed by atoms with Gasteiger partial charge >= 0.3 is 12.1 Å². The number of hydrogen-bond acceptors (Lipinski definition) is 5. The molecule has 6 nitrogen and oxygen atoms in total. The molecule has 0 aromatic carbocycles. The van der Waals surface area contributed by atoms with Crippen molar-refractivity contribution in [2.45, 2.75) is 33.3 Å². The zero-order valence-corrected chi connectivity index (χ0v) is 11.7. The molecular formula is C13H18N2O4. The Hall–Kier alpha value is -2.11. The number of carbonyl (C=O) groups is 2. The number of methoxy groups -OCH3 is 1. The summed E-state index contributed by atoms with van der Waals surface area (Å²) in [5, 5.41) is 2.52. The van der Waals surface area contributed by atoms with E-state index in [9.17, 15) is 9.59 Å². The van der Waals surface area contributed by atoms with Gasteiger partial charge in [-0.25, -0.2) is 9.59 Å². The molecule has 19 heavy (non-hydrogen) atoms. The summed E-state index contributed by atoms with van der Waals surface area (Å²) >= 11 is 0. The molecule has 1 rings (SSSR count). The lowest BCUT2D eigenvalue weighted by atomic mass is 10.2. The van der Waals surface area contributed by atoms with Crippen LogP contribution >= 0.6 is 0 Å². The number of rotatable bonds is 2. The second-order valence-corrected chi connectivity index (χ2v) is 4.99. The van der Waals surface area contributed by atoms with Crippen molar-refractivity contribution in [2.24, 2.45) is 0 Å². The van der Waals surface area contributed by atoms with E-state index < -0.39 is 17.7 Å². The number of esters is 1. The van der Waals surface area contributed by atoms with Gasteiger partial charge in [-0.15, -0.1) is 0 Å². The van der Waals surface area contributed by atoms with Crippen molar-refractivity contribution < 1.29 is 19.1 Å². The van der Waals surface area contributed by atoms with E-state index >= 15 is 0 Å². The van der Waals surface area contributed by atoms with Gasteiger partial charge in [-0.2, -0.15) is 0 Å². The Balaban J connectivity index is 2.96. The van der Waals surface area contributed by atoms with Crippen molar-refractivity contribution in [3.8, 4) is 0 Å². The third-order valence-electron chi connectivity index (χ3n) is 2.08.